The van der Waals surface area contributed by atoms with Crippen molar-refractivity contribution in [3.05, 3.63) is 45.1 Å². The van der Waals surface area contributed by atoms with Crippen molar-refractivity contribution >= 4 is 55.0 Å². The summed E-state index contributed by atoms with van der Waals surface area (Å²) in [6.07, 6.45) is 4.27. The number of nitrogens with zero attached hydrogens (tertiary/aromatic N) is 3. The molecule has 0 amide bonds. The molecule has 2 N–H and O–H groups in total. The number of thiophene rings is 1. The molecule has 11 heteroatoms. The van der Waals surface area contributed by atoms with Crippen LogP contribution in [-0.4, -0.2) is 42.8 Å². The molecule has 3 aromatic rings. The molecule has 0 fully saturated rings. The molecule has 0 spiro atoms. The van der Waals surface area contributed by atoms with Gasteiger partial charge in [-0.2, -0.15) is 0 Å². The molecule has 0 atom stereocenters. The molecule has 4 rings (SSSR count). The predicted octanol–water partition coefficient (Wildman–Crippen LogP) is 3.41. The normalized spacial score (nSPS) is 14.1. The van der Waals surface area contributed by atoms with Crippen molar-refractivity contribution in [3.63, 3.8) is 0 Å². The molecule has 0 saturated heterocycles. The lowest BCUT2D eigenvalue weighted by Crippen LogP contribution is -2.22. The van der Waals surface area contributed by atoms with Crippen molar-refractivity contribution in [1.82, 2.24) is 14.3 Å². The van der Waals surface area contributed by atoms with Gasteiger partial charge in [0.15, 0.2) is 12.4 Å². The number of hydrogen-bond donors (Lipinski definition) is 1. The van der Waals surface area contributed by atoms with E-state index in [0.717, 1.165) is 40.2 Å². The molecule has 31 heavy (non-hydrogen) atoms. The quantitative estimate of drug-likeness (QED) is 0.556. The summed E-state index contributed by atoms with van der Waals surface area (Å²) in [7, 11) is -0.911. The van der Waals surface area contributed by atoms with Gasteiger partial charge in [-0.3, -0.25) is 0 Å². The minimum absolute atomic E-state index is 0.0507. The maximum atomic E-state index is 12.6. The first-order valence-electron chi connectivity index (χ1n) is 9.64. The molecule has 1 aliphatic rings. The zero-order chi connectivity index (χ0) is 22.3. The van der Waals surface area contributed by atoms with E-state index in [2.05, 4.69) is 9.97 Å². The fourth-order valence-electron chi connectivity index (χ4n) is 3.54. The van der Waals surface area contributed by atoms with E-state index in [1.54, 1.807) is 11.3 Å². The van der Waals surface area contributed by atoms with Crippen molar-refractivity contribution in [2.24, 2.45) is 0 Å². The van der Waals surface area contributed by atoms with E-state index in [9.17, 15) is 13.2 Å². The van der Waals surface area contributed by atoms with Crippen molar-refractivity contribution in [1.29, 1.82) is 0 Å². The molecule has 8 nitrogen and oxygen atoms in total. The number of hydrogen-bond acceptors (Lipinski definition) is 8. The van der Waals surface area contributed by atoms with Crippen molar-refractivity contribution < 1.29 is 17.9 Å². The SMILES string of the molecule is CN(C)S(=O)(=O)c1ccc(Cl)c(C(=O)OCc2nc(N)c3c4c(sc3n2)CCCC4)c1. The number of esters is 1. The number of ether oxygens (including phenoxy) is 1. The second-order valence-electron chi connectivity index (χ2n) is 7.42. The molecule has 1 aromatic carbocycles. The van der Waals surface area contributed by atoms with Gasteiger partial charge in [0.2, 0.25) is 10.0 Å². The fourth-order valence-corrected chi connectivity index (χ4v) is 5.95. The van der Waals surface area contributed by atoms with Gasteiger partial charge in [0.1, 0.15) is 10.6 Å². The van der Waals surface area contributed by atoms with E-state index in [1.807, 2.05) is 0 Å². The summed E-state index contributed by atoms with van der Waals surface area (Å²) in [5.74, 6) is -0.105. The van der Waals surface area contributed by atoms with Crippen LogP contribution >= 0.6 is 22.9 Å². The van der Waals surface area contributed by atoms with E-state index in [0.29, 0.717) is 5.82 Å². The highest BCUT2D eigenvalue weighted by Crippen LogP contribution is 2.37. The Labute approximate surface area is 189 Å². The van der Waals surface area contributed by atoms with Gasteiger partial charge >= 0.3 is 5.97 Å². The Morgan fingerprint density at radius 3 is 2.74 bits per heavy atom. The summed E-state index contributed by atoms with van der Waals surface area (Å²) in [6.45, 7) is -0.206. The first-order chi connectivity index (χ1) is 14.7. The van der Waals surface area contributed by atoms with Gasteiger partial charge in [0.25, 0.3) is 0 Å². The molecule has 2 aromatic heterocycles. The third-order valence-electron chi connectivity index (χ3n) is 5.16. The highest BCUT2D eigenvalue weighted by atomic mass is 35.5. The monoisotopic (exact) mass is 480 g/mol. The molecule has 0 radical (unpaired) electrons. The average Bonchev–Trinajstić information content (AvgIpc) is 3.11. The largest absolute Gasteiger partial charge is 0.454 e. The summed E-state index contributed by atoms with van der Waals surface area (Å²) < 4.78 is 31.1. The maximum absolute atomic E-state index is 12.6. The summed E-state index contributed by atoms with van der Waals surface area (Å²) in [5.41, 5.74) is 7.37. The third-order valence-corrected chi connectivity index (χ3v) is 8.48. The predicted molar refractivity (Wildman–Crippen MR) is 120 cm³/mol. The van der Waals surface area contributed by atoms with Crippen LogP contribution in [0.5, 0.6) is 0 Å². The van der Waals surface area contributed by atoms with Crippen LogP contribution in [0, 0.1) is 0 Å². The Morgan fingerprint density at radius 1 is 1.26 bits per heavy atom. The van der Waals surface area contributed by atoms with Gasteiger partial charge < -0.3 is 10.5 Å². The van der Waals surface area contributed by atoms with Crippen LogP contribution < -0.4 is 5.73 Å². The minimum atomic E-state index is -3.72. The molecule has 164 valence electrons. The number of benzene rings is 1. The number of anilines is 1. The Hall–Kier alpha value is -2.27. The minimum Gasteiger partial charge on any atom is -0.454 e. The van der Waals surface area contributed by atoms with E-state index >= 15 is 0 Å². The molecular weight excluding hydrogens is 460 g/mol. The third kappa shape index (κ3) is 4.12. The zero-order valence-electron chi connectivity index (χ0n) is 17.0. The highest BCUT2D eigenvalue weighted by molar-refractivity contribution is 7.89. The van der Waals surface area contributed by atoms with Crippen LogP contribution in [0.25, 0.3) is 10.2 Å². The van der Waals surface area contributed by atoms with Crippen molar-refractivity contribution in [2.75, 3.05) is 19.8 Å². The van der Waals surface area contributed by atoms with Gasteiger partial charge in [-0.25, -0.2) is 27.5 Å². The Kier molecular flexibility index (Phi) is 5.91. The van der Waals surface area contributed by atoms with E-state index in [4.69, 9.17) is 22.1 Å². The van der Waals surface area contributed by atoms with Gasteiger partial charge in [-0.1, -0.05) is 11.6 Å². The molecule has 0 unspecified atom stereocenters. The first-order valence-corrected chi connectivity index (χ1v) is 12.3. The number of nitrogens with two attached hydrogens (primary N) is 1. The number of fused-ring (bicyclic) bond motifs is 3. The number of carbonyl (C=O) groups is 1. The number of rotatable bonds is 5. The van der Waals surface area contributed by atoms with Gasteiger partial charge in [-0.05, 0) is 49.4 Å². The number of sulfonamides is 1. The molecule has 2 heterocycles. The summed E-state index contributed by atoms with van der Waals surface area (Å²) in [5, 5.41) is 0.990. The number of aromatic nitrogens is 2. The lowest BCUT2D eigenvalue weighted by atomic mass is 9.97. The second kappa shape index (κ2) is 8.34. The summed E-state index contributed by atoms with van der Waals surface area (Å²) >= 11 is 7.71. The molecule has 0 saturated carbocycles. The number of nitrogen functional groups attached to an aromatic ring is 1. The first kappa shape index (κ1) is 21.9. The van der Waals surface area contributed by atoms with E-state index in [1.165, 1.54) is 42.7 Å². The van der Waals surface area contributed by atoms with Crippen LogP contribution in [0.1, 0.15) is 39.5 Å². The fraction of sp³-hybridized carbons (Fsp3) is 0.350. The van der Waals surface area contributed by atoms with Crippen LogP contribution in [0.15, 0.2) is 23.1 Å². The topological polar surface area (TPSA) is 115 Å². The lowest BCUT2D eigenvalue weighted by Gasteiger charge is -2.13. The van der Waals surface area contributed by atoms with Gasteiger partial charge in [-0.15, -0.1) is 11.3 Å². The van der Waals surface area contributed by atoms with Crippen LogP contribution in [-0.2, 0) is 34.2 Å². The number of aryl methyl sites for hydroxylation is 2. The van der Waals surface area contributed by atoms with Crippen LogP contribution in [0.2, 0.25) is 5.02 Å². The smallest absolute Gasteiger partial charge is 0.340 e. The van der Waals surface area contributed by atoms with E-state index < -0.39 is 16.0 Å². The van der Waals surface area contributed by atoms with Gasteiger partial charge in [0, 0.05) is 19.0 Å². The number of halogens is 1. The average molecular weight is 481 g/mol. The maximum Gasteiger partial charge on any atom is 0.340 e. The number of carbonyl (C=O) groups excluding carboxylic acids is 1. The van der Waals surface area contributed by atoms with Crippen molar-refractivity contribution in [3.8, 4) is 0 Å². The summed E-state index contributed by atoms with van der Waals surface area (Å²) in [6, 6.07) is 3.89. The lowest BCUT2D eigenvalue weighted by molar-refractivity contribution is 0.0462. The Morgan fingerprint density at radius 2 is 2.00 bits per heavy atom. The molecule has 0 aliphatic heterocycles. The van der Waals surface area contributed by atoms with E-state index in [-0.39, 0.29) is 27.9 Å². The molecule has 1 aliphatic carbocycles. The van der Waals surface area contributed by atoms with Crippen LogP contribution in [0.4, 0.5) is 5.82 Å². The summed E-state index contributed by atoms with van der Waals surface area (Å²) in [4.78, 5) is 23.5. The zero-order valence-corrected chi connectivity index (χ0v) is 19.4. The van der Waals surface area contributed by atoms with Crippen molar-refractivity contribution in [2.45, 2.75) is 37.2 Å². The Bertz CT molecular complexity index is 1290. The molecule has 0 bridgehead atoms. The highest BCUT2D eigenvalue weighted by Gasteiger charge is 2.23. The van der Waals surface area contributed by atoms with Gasteiger partial charge in [0.05, 0.1) is 20.9 Å². The second-order valence-corrected chi connectivity index (χ2v) is 11.1. The molecular formula is C20H21ClN4O4S2. The van der Waals surface area contributed by atoms with Crippen LogP contribution in [0.3, 0.4) is 0 Å². The Balaban J connectivity index is 1.57. The standard InChI is InChI=1S/C20H21ClN4O4S2/c1-25(2)31(27,28)11-7-8-14(21)13(9-11)20(26)29-10-16-23-18(22)17-12-5-3-4-6-15(12)30-19(17)24-16/h7-9H,3-6,10H2,1-2H3,(H2,22,23,24).